The van der Waals surface area contributed by atoms with Crippen LogP contribution in [-0.4, -0.2) is 42.0 Å². The molecule has 1 saturated heterocycles. The number of ether oxygens (including phenoxy) is 1. The predicted molar refractivity (Wildman–Crippen MR) is 73.4 cm³/mol. The van der Waals surface area contributed by atoms with Crippen LogP contribution >= 0.6 is 0 Å². The number of piperidine rings is 1. The van der Waals surface area contributed by atoms with Gasteiger partial charge in [-0.25, -0.2) is 0 Å². The smallest absolute Gasteiger partial charge is 0.282 e. The van der Waals surface area contributed by atoms with Crippen LogP contribution in [0, 0.1) is 10.1 Å². The molecular weight excluding hydrogens is 262 g/mol. The predicted octanol–water partition coefficient (Wildman–Crippen LogP) is 1.43. The van der Waals surface area contributed by atoms with Gasteiger partial charge in [-0.15, -0.1) is 0 Å². The van der Waals surface area contributed by atoms with Gasteiger partial charge in [0.2, 0.25) is 0 Å². The van der Waals surface area contributed by atoms with Gasteiger partial charge in [-0.1, -0.05) is 0 Å². The second-order valence-electron chi connectivity index (χ2n) is 4.78. The fraction of sp³-hybridized carbons (Fsp3) is 0.462. The van der Waals surface area contributed by atoms with Gasteiger partial charge in [0.15, 0.2) is 0 Å². The summed E-state index contributed by atoms with van der Waals surface area (Å²) >= 11 is 0. The molecule has 1 heterocycles. The molecule has 0 spiro atoms. The van der Waals surface area contributed by atoms with Crippen LogP contribution in [0.25, 0.3) is 0 Å². The average molecular weight is 279 g/mol. The molecule has 0 bridgehead atoms. The molecule has 0 radical (unpaired) electrons. The first-order valence-electron chi connectivity index (χ1n) is 6.39. The first-order chi connectivity index (χ1) is 9.52. The van der Waals surface area contributed by atoms with Gasteiger partial charge in [-0.3, -0.25) is 14.9 Å². The van der Waals surface area contributed by atoms with E-state index in [1.54, 1.807) is 12.0 Å². The van der Waals surface area contributed by atoms with Crippen LogP contribution in [0.15, 0.2) is 18.2 Å². The van der Waals surface area contributed by atoms with E-state index in [1.165, 1.54) is 18.2 Å². The van der Waals surface area contributed by atoms with Crippen LogP contribution in [0.5, 0.6) is 0 Å². The highest BCUT2D eigenvalue weighted by atomic mass is 16.6. The van der Waals surface area contributed by atoms with Crippen LogP contribution in [0.4, 0.5) is 11.4 Å². The van der Waals surface area contributed by atoms with Crippen molar-refractivity contribution in [1.29, 1.82) is 0 Å². The van der Waals surface area contributed by atoms with Crippen molar-refractivity contribution in [3.8, 4) is 0 Å². The van der Waals surface area contributed by atoms with E-state index in [4.69, 9.17) is 10.5 Å². The number of amides is 1. The number of anilines is 1. The summed E-state index contributed by atoms with van der Waals surface area (Å²) in [6.45, 7) is 1.02. The number of hydrogen-bond donors (Lipinski definition) is 1. The Morgan fingerprint density at radius 2 is 2.30 bits per heavy atom. The Morgan fingerprint density at radius 3 is 2.95 bits per heavy atom. The number of likely N-dealkylation sites (tertiary alicyclic amines) is 1. The summed E-state index contributed by atoms with van der Waals surface area (Å²) in [5, 5.41) is 11.0. The van der Waals surface area contributed by atoms with Crippen molar-refractivity contribution in [2.75, 3.05) is 25.9 Å². The van der Waals surface area contributed by atoms with Gasteiger partial charge in [-0.2, -0.15) is 0 Å². The van der Waals surface area contributed by atoms with E-state index in [1.807, 2.05) is 0 Å². The number of methoxy groups -OCH3 is 1. The van der Waals surface area contributed by atoms with E-state index in [2.05, 4.69) is 0 Å². The lowest BCUT2D eigenvalue weighted by molar-refractivity contribution is -0.385. The monoisotopic (exact) mass is 279 g/mol. The van der Waals surface area contributed by atoms with E-state index >= 15 is 0 Å². The number of nitrogen functional groups attached to an aromatic ring is 1. The largest absolute Gasteiger partial charge is 0.399 e. The average Bonchev–Trinajstić information content (AvgIpc) is 2.46. The maximum atomic E-state index is 12.4. The van der Waals surface area contributed by atoms with Gasteiger partial charge in [0.1, 0.15) is 5.56 Å². The third-order valence-electron chi connectivity index (χ3n) is 3.45. The second-order valence-corrected chi connectivity index (χ2v) is 4.78. The Hall–Kier alpha value is -2.15. The van der Waals surface area contributed by atoms with Crippen molar-refractivity contribution in [3.63, 3.8) is 0 Å². The fourth-order valence-corrected chi connectivity index (χ4v) is 2.37. The fourth-order valence-electron chi connectivity index (χ4n) is 2.37. The molecule has 1 atom stereocenters. The van der Waals surface area contributed by atoms with E-state index in [9.17, 15) is 14.9 Å². The number of benzene rings is 1. The number of nitro groups is 1. The third-order valence-corrected chi connectivity index (χ3v) is 3.45. The molecule has 2 rings (SSSR count). The zero-order chi connectivity index (χ0) is 14.7. The van der Waals surface area contributed by atoms with Crippen molar-refractivity contribution in [3.05, 3.63) is 33.9 Å². The van der Waals surface area contributed by atoms with Crippen molar-refractivity contribution in [1.82, 2.24) is 4.90 Å². The molecule has 1 fully saturated rings. The summed E-state index contributed by atoms with van der Waals surface area (Å²) in [6.07, 6.45) is 1.69. The molecule has 1 aromatic rings. The molecule has 1 aliphatic heterocycles. The summed E-state index contributed by atoms with van der Waals surface area (Å²) in [5.74, 6) is -0.370. The van der Waals surface area contributed by atoms with Crippen LogP contribution in [-0.2, 0) is 4.74 Å². The molecule has 1 aromatic carbocycles. The van der Waals surface area contributed by atoms with Crippen molar-refractivity contribution >= 4 is 17.3 Å². The van der Waals surface area contributed by atoms with Crippen LogP contribution < -0.4 is 5.73 Å². The van der Waals surface area contributed by atoms with E-state index in [-0.39, 0.29) is 23.3 Å². The minimum Gasteiger partial charge on any atom is -0.399 e. The zero-order valence-corrected chi connectivity index (χ0v) is 11.2. The van der Waals surface area contributed by atoms with E-state index in [0.29, 0.717) is 18.8 Å². The second kappa shape index (κ2) is 5.87. The number of rotatable bonds is 3. The van der Waals surface area contributed by atoms with Gasteiger partial charge in [0.05, 0.1) is 11.0 Å². The molecule has 1 amide bonds. The topological polar surface area (TPSA) is 98.7 Å². The van der Waals surface area contributed by atoms with Gasteiger partial charge >= 0.3 is 0 Å². The Morgan fingerprint density at radius 1 is 1.55 bits per heavy atom. The molecule has 0 aliphatic carbocycles. The number of nitro benzene ring substituents is 1. The molecule has 108 valence electrons. The van der Waals surface area contributed by atoms with Crippen LogP contribution in [0.2, 0.25) is 0 Å². The van der Waals surface area contributed by atoms with Gasteiger partial charge in [0.25, 0.3) is 11.6 Å². The lowest BCUT2D eigenvalue weighted by Crippen LogP contribution is -2.43. The van der Waals surface area contributed by atoms with E-state index < -0.39 is 4.92 Å². The summed E-state index contributed by atoms with van der Waals surface area (Å²) in [5.41, 5.74) is 5.78. The zero-order valence-electron chi connectivity index (χ0n) is 11.2. The lowest BCUT2D eigenvalue weighted by Gasteiger charge is -2.31. The number of nitrogens with two attached hydrogens (primary N) is 1. The summed E-state index contributed by atoms with van der Waals surface area (Å²) < 4.78 is 5.26. The SMILES string of the molecule is COC1CCCN(C(=O)c2cc(N)ccc2[N+](=O)[O-])C1. The number of carbonyl (C=O) groups is 1. The minimum absolute atomic E-state index is 0.0205. The summed E-state index contributed by atoms with van der Waals surface area (Å²) in [7, 11) is 1.60. The highest BCUT2D eigenvalue weighted by Crippen LogP contribution is 2.24. The van der Waals surface area contributed by atoms with E-state index in [0.717, 1.165) is 12.8 Å². The minimum atomic E-state index is -0.565. The number of nitrogens with zero attached hydrogens (tertiary/aromatic N) is 2. The first kappa shape index (κ1) is 14.3. The Labute approximate surface area is 116 Å². The molecular formula is C13H17N3O4. The lowest BCUT2D eigenvalue weighted by atomic mass is 10.1. The van der Waals surface area contributed by atoms with Gasteiger partial charge in [-0.05, 0) is 25.0 Å². The van der Waals surface area contributed by atoms with Crippen LogP contribution in [0.3, 0.4) is 0 Å². The number of carbonyl (C=O) groups excluding carboxylic acids is 1. The molecule has 1 aliphatic rings. The highest BCUT2D eigenvalue weighted by molar-refractivity contribution is 5.99. The molecule has 0 aromatic heterocycles. The van der Waals surface area contributed by atoms with Crippen molar-refractivity contribution in [2.45, 2.75) is 18.9 Å². The Balaban J connectivity index is 2.28. The highest BCUT2D eigenvalue weighted by Gasteiger charge is 2.28. The summed E-state index contributed by atoms with van der Waals surface area (Å²) in [6, 6.07) is 4.04. The normalized spacial score (nSPS) is 18.9. The third kappa shape index (κ3) is 2.88. The Kier molecular flexibility index (Phi) is 4.19. The van der Waals surface area contributed by atoms with Crippen molar-refractivity contribution < 1.29 is 14.5 Å². The maximum Gasteiger partial charge on any atom is 0.282 e. The molecule has 1 unspecified atom stereocenters. The number of hydrogen-bond acceptors (Lipinski definition) is 5. The maximum absolute atomic E-state index is 12.4. The quantitative estimate of drug-likeness (QED) is 0.512. The molecule has 7 nitrogen and oxygen atoms in total. The van der Waals surface area contributed by atoms with Crippen LogP contribution in [0.1, 0.15) is 23.2 Å². The van der Waals surface area contributed by atoms with Gasteiger partial charge in [0, 0.05) is 32.0 Å². The molecule has 7 heteroatoms. The standard InChI is InChI=1S/C13H17N3O4/c1-20-10-3-2-6-15(8-10)13(17)11-7-9(14)4-5-12(11)16(18)19/h4-5,7,10H,2-3,6,8,14H2,1H3. The Bertz CT molecular complexity index is 532. The molecule has 0 saturated carbocycles. The van der Waals surface area contributed by atoms with Crippen molar-refractivity contribution in [2.24, 2.45) is 0 Å². The molecule has 20 heavy (non-hydrogen) atoms. The summed E-state index contributed by atoms with van der Waals surface area (Å²) in [4.78, 5) is 24.5. The molecule has 2 N–H and O–H groups in total. The first-order valence-corrected chi connectivity index (χ1v) is 6.39. The van der Waals surface area contributed by atoms with Gasteiger partial charge < -0.3 is 15.4 Å².